The highest BCUT2D eigenvalue weighted by Gasteiger charge is 2.31. The van der Waals surface area contributed by atoms with Crippen LogP contribution >= 0.6 is 11.3 Å². The number of nitrogens with one attached hydrogen (secondary N) is 1. The second-order valence-corrected chi connectivity index (χ2v) is 10.7. The summed E-state index contributed by atoms with van der Waals surface area (Å²) in [5, 5.41) is 3.95. The summed E-state index contributed by atoms with van der Waals surface area (Å²) in [4.78, 5) is 28.9. The van der Waals surface area contributed by atoms with E-state index in [1.807, 2.05) is 50.2 Å². The highest BCUT2D eigenvalue weighted by molar-refractivity contribution is 7.15. The minimum absolute atomic E-state index is 0.168. The average molecular weight is 444 g/mol. The molecule has 4 rings (SSSR count). The first kappa shape index (κ1) is 21.9. The lowest BCUT2D eigenvalue weighted by Gasteiger charge is -2.32. The van der Waals surface area contributed by atoms with Gasteiger partial charge in [0.2, 0.25) is 0 Å². The smallest absolute Gasteiger partial charge is 0.407 e. The van der Waals surface area contributed by atoms with E-state index in [0.29, 0.717) is 12.5 Å². The first-order valence-corrected chi connectivity index (χ1v) is 12.2. The molecule has 2 aliphatic rings. The standard InChI is InChI=1S/C24H33N3O3S/c1-24(2,3)30-23(29)25-16-17-10-14-26(15-11-17)21(28)20-18-8-4-5-9-19(18)31-22(20)27-12-6-7-13-27/h6-7,12-13,17H,4-5,8-11,14-16H2,1-3H3,(H,25,29). The molecule has 2 aromatic heterocycles. The van der Waals surface area contributed by atoms with Gasteiger partial charge < -0.3 is 19.5 Å². The normalized spacial score (nSPS) is 17.3. The molecule has 0 unspecified atom stereocenters. The SMILES string of the molecule is CC(C)(C)OC(=O)NCC1CCN(C(=O)c2c(-n3cccc3)sc3c2CCCC3)CC1. The molecule has 0 saturated carbocycles. The molecule has 1 N–H and O–H groups in total. The molecule has 6 nitrogen and oxygen atoms in total. The third-order valence-corrected chi connectivity index (χ3v) is 7.35. The fourth-order valence-corrected chi connectivity index (χ4v) is 5.81. The zero-order valence-electron chi connectivity index (χ0n) is 18.8. The van der Waals surface area contributed by atoms with Gasteiger partial charge in [0.15, 0.2) is 0 Å². The zero-order chi connectivity index (χ0) is 22.0. The molecule has 1 fully saturated rings. The van der Waals surface area contributed by atoms with Gasteiger partial charge in [0.1, 0.15) is 10.6 Å². The van der Waals surface area contributed by atoms with Crippen LogP contribution in [0.4, 0.5) is 4.79 Å². The van der Waals surface area contributed by atoms with E-state index in [-0.39, 0.29) is 12.0 Å². The largest absolute Gasteiger partial charge is 0.444 e. The summed E-state index contributed by atoms with van der Waals surface area (Å²) < 4.78 is 7.41. The van der Waals surface area contributed by atoms with E-state index < -0.39 is 5.60 Å². The molecule has 2 amide bonds. The highest BCUT2D eigenvalue weighted by Crippen LogP contribution is 2.38. The van der Waals surface area contributed by atoms with Gasteiger partial charge in [-0.3, -0.25) is 4.79 Å². The van der Waals surface area contributed by atoms with Crippen LogP contribution in [0, 0.1) is 5.92 Å². The van der Waals surface area contributed by atoms with E-state index in [2.05, 4.69) is 9.88 Å². The van der Waals surface area contributed by atoms with E-state index in [0.717, 1.165) is 55.8 Å². The minimum Gasteiger partial charge on any atom is -0.444 e. The molecule has 1 aliphatic heterocycles. The molecule has 0 bridgehead atoms. The predicted octanol–water partition coefficient (Wildman–Crippen LogP) is 4.79. The van der Waals surface area contributed by atoms with Gasteiger partial charge in [0, 0.05) is 36.9 Å². The van der Waals surface area contributed by atoms with Crippen molar-refractivity contribution >= 4 is 23.3 Å². The molecule has 0 atom stereocenters. The van der Waals surface area contributed by atoms with E-state index in [1.165, 1.54) is 16.9 Å². The lowest BCUT2D eigenvalue weighted by molar-refractivity contribution is 0.0500. The van der Waals surface area contributed by atoms with Gasteiger partial charge in [-0.2, -0.15) is 0 Å². The Bertz CT molecular complexity index is 919. The molecule has 0 spiro atoms. The van der Waals surface area contributed by atoms with Gasteiger partial charge in [-0.1, -0.05) is 0 Å². The average Bonchev–Trinajstić information content (AvgIpc) is 3.38. The van der Waals surface area contributed by atoms with Gasteiger partial charge in [-0.25, -0.2) is 4.79 Å². The van der Waals surface area contributed by atoms with Crippen molar-refractivity contribution in [2.45, 2.75) is 64.9 Å². The summed E-state index contributed by atoms with van der Waals surface area (Å²) in [7, 11) is 0. The molecule has 0 radical (unpaired) electrons. The lowest BCUT2D eigenvalue weighted by Crippen LogP contribution is -2.42. The molecule has 2 aromatic rings. The number of ether oxygens (including phenoxy) is 1. The quantitative estimate of drug-likeness (QED) is 0.739. The fourth-order valence-electron chi connectivity index (χ4n) is 4.46. The Morgan fingerprint density at radius 1 is 1.13 bits per heavy atom. The molecule has 0 aromatic carbocycles. The van der Waals surface area contributed by atoms with Crippen molar-refractivity contribution in [2.75, 3.05) is 19.6 Å². The molecule has 7 heteroatoms. The number of piperidine rings is 1. The van der Waals surface area contributed by atoms with Crippen molar-refractivity contribution in [3.8, 4) is 5.00 Å². The highest BCUT2D eigenvalue weighted by atomic mass is 32.1. The minimum atomic E-state index is -0.489. The number of carbonyl (C=O) groups excluding carboxylic acids is 2. The van der Waals surface area contributed by atoms with Crippen molar-refractivity contribution in [1.82, 2.24) is 14.8 Å². The Labute approximate surface area is 188 Å². The third kappa shape index (κ3) is 5.14. The second kappa shape index (κ2) is 9.07. The summed E-state index contributed by atoms with van der Waals surface area (Å²) >= 11 is 1.78. The van der Waals surface area contributed by atoms with Crippen LogP contribution in [0.25, 0.3) is 5.00 Å². The molecule has 3 heterocycles. The van der Waals surface area contributed by atoms with Crippen LogP contribution < -0.4 is 5.32 Å². The zero-order valence-corrected chi connectivity index (χ0v) is 19.6. The first-order valence-electron chi connectivity index (χ1n) is 11.4. The Morgan fingerprint density at radius 2 is 1.81 bits per heavy atom. The Hall–Kier alpha value is -2.28. The lowest BCUT2D eigenvalue weighted by atomic mass is 9.93. The second-order valence-electron chi connectivity index (χ2n) is 9.60. The van der Waals surface area contributed by atoms with E-state index in [4.69, 9.17) is 4.74 Å². The number of likely N-dealkylation sites (tertiary alicyclic amines) is 1. The van der Waals surface area contributed by atoms with Crippen molar-refractivity contribution in [2.24, 2.45) is 5.92 Å². The van der Waals surface area contributed by atoms with Crippen LogP contribution in [0.3, 0.4) is 0 Å². The molecular weight excluding hydrogens is 410 g/mol. The number of alkyl carbamates (subject to hydrolysis) is 1. The van der Waals surface area contributed by atoms with Gasteiger partial charge in [-0.15, -0.1) is 11.3 Å². The molecule has 1 saturated heterocycles. The Balaban J connectivity index is 1.40. The van der Waals surface area contributed by atoms with E-state index >= 15 is 0 Å². The molecular formula is C24H33N3O3S. The number of amides is 2. The van der Waals surface area contributed by atoms with Crippen LogP contribution in [0.5, 0.6) is 0 Å². The monoisotopic (exact) mass is 443 g/mol. The van der Waals surface area contributed by atoms with Crippen molar-refractivity contribution in [3.05, 3.63) is 40.5 Å². The maximum Gasteiger partial charge on any atom is 0.407 e. The first-order chi connectivity index (χ1) is 14.8. The Morgan fingerprint density at radius 3 is 2.48 bits per heavy atom. The van der Waals surface area contributed by atoms with Crippen LogP contribution in [-0.4, -0.2) is 46.7 Å². The van der Waals surface area contributed by atoms with Crippen LogP contribution in [0.15, 0.2) is 24.5 Å². The maximum absolute atomic E-state index is 13.6. The number of rotatable bonds is 4. The summed E-state index contributed by atoms with van der Waals surface area (Å²) in [5.74, 6) is 0.540. The molecule has 31 heavy (non-hydrogen) atoms. The molecule has 1 aliphatic carbocycles. The number of hydrogen-bond donors (Lipinski definition) is 1. The predicted molar refractivity (Wildman–Crippen MR) is 123 cm³/mol. The number of fused-ring (bicyclic) bond motifs is 1. The van der Waals surface area contributed by atoms with Crippen molar-refractivity contribution in [1.29, 1.82) is 0 Å². The Kier molecular flexibility index (Phi) is 6.42. The number of hydrogen-bond acceptors (Lipinski definition) is 4. The van der Waals surface area contributed by atoms with Crippen molar-refractivity contribution < 1.29 is 14.3 Å². The summed E-state index contributed by atoms with van der Waals surface area (Å²) in [6.07, 6.45) is 9.94. The number of carbonyl (C=O) groups is 2. The summed E-state index contributed by atoms with van der Waals surface area (Å²) in [6.45, 7) is 7.65. The summed E-state index contributed by atoms with van der Waals surface area (Å²) in [6, 6.07) is 4.02. The molecule has 168 valence electrons. The number of aromatic nitrogens is 1. The van der Waals surface area contributed by atoms with Gasteiger partial charge in [-0.05, 0) is 82.9 Å². The fraction of sp³-hybridized carbons (Fsp3) is 0.583. The van der Waals surface area contributed by atoms with Crippen molar-refractivity contribution in [3.63, 3.8) is 0 Å². The number of nitrogens with zero attached hydrogens (tertiary/aromatic N) is 2. The van der Waals surface area contributed by atoms with Gasteiger partial charge >= 0.3 is 6.09 Å². The van der Waals surface area contributed by atoms with E-state index in [1.54, 1.807) is 11.3 Å². The van der Waals surface area contributed by atoms with Gasteiger partial charge in [0.25, 0.3) is 5.91 Å². The van der Waals surface area contributed by atoms with Crippen LogP contribution in [0.2, 0.25) is 0 Å². The number of thiophene rings is 1. The van der Waals surface area contributed by atoms with Crippen LogP contribution in [0.1, 0.15) is 67.3 Å². The maximum atomic E-state index is 13.6. The summed E-state index contributed by atoms with van der Waals surface area (Å²) in [5.41, 5.74) is 1.71. The van der Waals surface area contributed by atoms with E-state index in [9.17, 15) is 9.59 Å². The number of aryl methyl sites for hydroxylation is 1. The third-order valence-electron chi connectivity index (χ3n) is 6.04. The van der Waals surface area contributed by atoms with Gasteiger partial charge in [0.05, 0.1) is 5.56 Å². The topological polar surface area (TPSA) is 63.6 Å². The van der Waals surface area contributed by atoms with Crippen LogP contribution in [-0.2, 0) is 17.6 Å².